The predicted octanol–water partition coefficient (Wildman–Crippen LogP) is 7.39. The van der Waals surface area contributed by atoms with Gasteiger partial charge in [-0.3, -0.25) is 4.79 Å². The minimum atomic E-state index is -1.67. The molecule has 0 bridgehead atoms. The van der Waals surface area contributed by atoms with Gasteiger partial charge in [-0.1, -0.05) is 140 Å². The Balaban J connectivity index is 2.51. The van der Waals surface area contributed by atoms with Gasteiger partial charge in [-0.2, -0.15) is 0 Å². The molecule has 1 rings (SSSR count). The van der Waals surface area contributed by atoms with E-state index in [2.05, 4.69) is 67.8 Å². The molecule has 0 saturated carbocycles. The number of unbranched alkanes of at least 4 members (excludes halogenated alkanes) is 17. The number of aliphatic hydroxyl groups excluding tert-OH is 7. The van der Waals surface area contributed by atoms with Crippen LogP contribution in [0.4, 0.5) is 0 Å². The van der Waals surface area contributed by atoms with E-state index in [9.17, 15) is 40.5 Å². The summed E-state index contributed by atoms with van der Waals surface area (Å²) >= 11 is 0. The molecule has 0 aliphatic carbocycles. The van der Waals surface area contributed by atoms with Crippen molar-refractivity contribution in [2.24, 2.45) is 0 Å². The molecule has 0 aromatic heterocycles. The van der Waals surface area contributed by atoms with E-state index in [0.29, 0.717) is 19.3 Å². The molecule has 338 valence electrons. The first kappa shape index (κ1) is 54.1. The first-order valence-electron chi connectivity index (χ1n) is 23.0. The second kappa shape index (κ2) is 36.9. The van der Waals surface area contributed by atoms with E-state index in [1.807, 2.05) is 0 Å². The van der Waals surface area contributed by atoms with Gasteiger partial charge in [0.05, 0.1) is 25.4 Å². The van der Waals surface area contributed by atoms with Crippen molar-refractivity contribution in [3.63, 3.8) is 0 Å². The minimum absolute atomic E-state index is 0.237. The van der Waals surface area contributed by atoms with Crippen LogP contribution in [-0.2, 0) is 14.3 Å². The van der Waals surface area contributed by atoms with Crippen LogP contribution >= 0.6 is 0 Å². The molecule has 0 aromatic rings. The molecule has 9 atom stereocenters. The van der Waals surface area contributed by atoms with Gasteiger partial charge in [-0.15, -0.1) is 0 Å². The first-order valence-corrected chi connectivity index (χ1v) is 23.0. The van der Waals surface area contributed by atoms with Crippen molar-refractivity contribution in [3.8, 4) is 0 Å². The minimum Gasteiger partial charge on any atom is -0.394 e. The molecule has 0 aromatic carbocycles. The Morgan fingerprint density at radius 3 is 1.67 bits per heavy atom. The molecule has 1 fully saturated rings. The number of allylic oxidation sites excluding steroid dienone is 8. The third kappa shape index (κ3) is 26.3. The van der Waals surface area contributed by atoms with Gasteiger partial charge in [0.2, 0.25) is 5.91 Å². The SMILES string of the molecule is CCCCC/C=C\C/C=C\CCCCCCCCC(O)C(=O)NC(COC1OC(CO)C(O)C(O)C1O)C(O)C(O)CCC/C=C/CC/C=C/CCCCCCCC. The first-order chi connectivity index (χ1) is 28.2. The highest BCUT2D eigenvalue weighted by Gasteiger charge is 2.44. The number of carbonyl (C=O) groups is 1. The summed E-state index contributed by atoms with van der Waals surface area (Å²) < 4.78 is 11.1. The third-order valence-corrected chi connectivity index (χ3v) is 10.8. The Morgan fingerprint density at radius 2 is 1.09 bits per heavy atom. The summed E-state index contributed by atoms with van der Waals surface area (Å²) in [7, 11) is 0. The van der Waals surface area contributed by atoms with Crippen molar-refractivity contribution in [2.45, 2.75) is 229 Å². The Bertz CT molecular complexity index is 1080. The maximum atomic E-state index is 13.1. The van der Waals surface area contributed by atoms with Crippen molar-refractivity contribution in [1.82, 2.24) is 5.32 Å². The summed E-state index contributed by atoms with van der Waals surface area (Å²) in [5.41, 5.74) is 0. The number of nitrogens with one attached hydrogen (secondary N) is 1. The summed E-state index contributed by atoms with van der Waals surface area (Å²) in [5.74, 6) is -0.722. The predicted molar refractivity (Wildman–Crippen MR) is 233 cm³/mol. The smallest absolute Gasteiger partial charge is 0.249 e. The van der Waals surface area contributed by atoms with Gasteiger partial charge in [0.25, 0.3) is 0 Å². The van der Waals surface area contributed by atoms with Crippen molar-refractivity contribution >= 4 is 5.91 Å². The quantitative estimate of drug-likeness (QED) is 0.0232. The van der Waals surface area contributed by atoms with Gasteiger partial charge in [0, 0.05) is 0 Å². The van der Waals surface area contributed by atoms with Crippen LogP contribution in [0.3, 0.4) is 0 Å². The average molecular weight is 824 g/mol. The Morgan fingerprint density at radius 1 is 0.603 bits per heavy atom. The second-order valence-electron chi connectivity index (χ2n) is 16.1. The highest BCUT2D eigenvalue weighted by Crippen LogP contribution is 2.23. The van der Waals surface area contributed by atoms with Gasteiger partial charge < -0.3 is 50.5 Å². The molecule has 1 aliphatic heterocycles. The zero-order chi connectivity index (χ0) is 42.6. The molecule has 11 nitrogen and oxygen atoms in total. The number of aliphatic hydroxyl groups is 7. The fraction of sp³-hybridized carbons (Fsp3) is 0.809. The zero-order valence-corrected chi connectivity index (χ0v) is 36.3. The van der Waals surface area contributed by atoms with Crippen molar-refractivity contribution in [1.29, 1.82) is 0 Å². The largest absolute Gasteiger partial charge is 0.394 e. The lowest BCUT2D eigenvalue weighted by Gasteiger charge is -2.40. The van der Waals surface area contributed by atoms with Gasteiger partial charge in [0.1, 0.15) is 36.6 Å². The molecule has 1 amide bonds. The van der Waals surface area contributed by atoms with Gasteiger partial charge in [-0.25, -0.2) is 0 Å². The van der Waals surface area contributed by atoms with Crippen molar-refractivity contribution in [2.75, 3.05) is 13.2 Å². The Labute approximate surface area is 351 Å². The van der Waals surface area contributed by atoms with E-state index < -0.39 is 74.2 Å². The lowest BCUT2D eigenvalue weighted by Crippen LogP contribution is -2.60. The molecular formula is C47H85NO10. The second-order valence-corrected chi connectivity index (χ2v) is 16.1. The van der Waals surface area contributed by atoms with Gasteiger partial charge >= 0.3 is 0 Å². The highest BCUT2D eigenvalue weighted by atomic mass is 16.7. The molecule has 0 radical (unpaired) electrons. The average Bonchev–Trinajstić information content (AvgIpc) is 3.22. The molecule has 11 heteroatoms. The summed E-state index contributed by atoms with van der Waals surface area (Å²) in [6, 6.07) is -1.20. The molecule has 1 aliphatic rings. The maximum Gasteiger partial charge on any atom is 0.249 e. The van der Waals surface area contributed by atoms with E-state index in [1.54, 1.807) is 0 Å². The van der Waals surface area contributed by atoms with Crippen LogP contribution in [0.25, 0.3) is 0 Å². The summed E-state index contributed by atoms with van der Waals surface area (Å²) in [6.45, 7) is 3.36. The fourth-order valence-corrected chi connectivity index (χ4v) is 6.96. The topological polar surface area (TPSA) is 189 Å². The van der Waals surface area contributed by atoms with Gasteiger partial charge in [0.15, 0.2) is 6.29 Å². The van der Waals surface area contributed by atoms with Gasteiger partial charge in [-0.05, 0) is 83.5 Å². The number of amides is 1. The van der Waals surface area contributed by atoms with E-state index in [4.69, 9.17) is 9.47 Å². The Hall–Kier alpha value is -1.93. The summed E-state index contributed by atoms with van der Waals surface area (Å²) in [5, 5.41) is 75.6. The number of hydrogen-bond acceptors (Lipinski definition) is 10. The molecule has 0 spiro atoms. The van der Waals surface area contributed by atoms with E-state index in [1.165, 1.54) is 57.8 Å². The van der Waals surface area contributed by atoms with Crippen LogP contribution in [0.1, 0.15) is 174 Å². The normalized spacial score (nSPS) is 22.4. The third-order valence-electron chi connectivity index (χ3n) is 10.8. The molecule has 9 unspecified atom stereocenters. The lowest BCUT2D eigenvalue weighted by atomic mass is 9.98. The summed E-state index contributed by atoms with van der Waals surface area (Å²) in [4.78, 5) is 13.1. The number of rotatable bonds is 37. The maximum absolute atomic E-state index is 13.1. The van der Waals surface area contributed by atoms with Crippen LogP contribution < -0.4 is 5.32 Å². The molecule has 8 N–H and O–H groups in total. The number of ether oxygens (including phenoxy) is 2. The van der Waals surface area contributed by atoms with Crippen LogP contribution in [0.15, 0.2) is 48.6 Å². The molecule has 58 heavy (non-hydrogen) atoms. The van der Waals surface area contributed by atoms with Crippen LogP contribution in [-0.4, -0.2) is 110 Å². The number of carbonyl (C=O) groups excluding carboxylic acids is 1. The van der Waals surface area contributed by atoms with Crippen LogP contribution in [0.2, 0.25) is 0 Å². The monoisotopic (exact) mass is 824 g/mol. The van der Waals surface area contributed by atoms with E-state index in [0.717, 1.165) is 70.6 Å². The van der Waals surface area contributed by atoms with E-state index in [-0.39, 0.29) is 12.8 Å². The van der Waals surface area contributed by atoms with Crippen LogP contribution in [0.5, 0.6) is 0 Å². The van der Waals surface area contributed by atoms with Crippen molar-refractivity contribution in [3.05, 3.63) is 48.6 Å². The fourth-order valence-electron chi connectivity index (χ4n) is 6.96. The molecule has 1 saturated heterocycles. The highest BCUT2D eigenvalue weighted by molar-refractivity contribution is 5.80. The number of hydrogen-bond donors (Lipinski definition) is 8. The van der Waals surface area contributed by atoms with E-state index >= 15 is 0 Å². The zero-order valence-electron chi connectivity index (χ0n) is 36.3. The Kier molecular flexibility index (Phi) is 34.4. The molecule has 1 heterocycles. The standard InChI is InChI=1S/C47H85NO10/c1-3-5-7-9-11-13-15-17-19-21-23-25-27-29-31-33-35-40(51)46(56)48-38(37-57-47-45(55)44(54)43(53)41(36-49)58-47)42(52)39(50)34-32-30-28-26-24-22-20-18-16-14-12-10-8-6-4-2/h11,13,17-20,26,28,38-45,47,49-55H,3-10,12,14-16,21-25,27,29-37H2,1-2H3,(H,48,56)/b13-11-,19-17-,20-18+,28-26+. The molecular weight excluding hydrogens is 739 g/mol. The van der Waals surface area contributed by atoms with Crippen molar-refractivity contribution < 1.29 is 50.0 Å². The van der Waals surface area contributed by atoms with Crippen LogP contribution in [0, 0.1) is 0 Å². The summed E-state index contributed by atoms with van der Waals surface area (Å²) in [6.07, 6.45) is 31.5. The lowest BCUT2D eigenvalue weighted by molar-refractivity contribution is -0.303.